The predicted octanol–water partition coefficient (Wildman–Crippen LogP) is 1.95. The van der Waals surface area contributed by atoms with Crippen molar-refractivity contribution in [3.05, 3.63) is 0 Å². The Hall–Kier alpha value is -0.610. The van der Waals surface area contributed by atoms with Gasteiger partial charge in [-0.2, -0.15) is 0 Å². The first-order valence-electron chi connectivity index (χ1n) is 7.60. The monoisotopic (exact) mass is 268 g/mol. The molecule has 4 nitrogen and oxygen atoms in total. The first-order chi connectivity index (χ1) is 8.89. The molecule has 2 fully saturated rings. The third kappa shape index (κ3) is 3.29. The molecule has 2 aliphatic rings. The van der Waals surface area contributed by atoms with Crippen LogP contribution in [-0.2, 0) is 4.79 Å². The summed E-state index contributed by atoms with van der Waals surface area (Å²) < 4.78 is 0. The summed E-state index contributed by atoms with van der Waals surface area (Å²) in [6, 6.07) is 0. The average molecular weight is 268 g/mol. The summed E-state index contributed by atoms with van der Waals surface area (Å²) in [7, 11) is 0. The van der Waals surface area contributed by atoms with Crippen LogP contribution >= 0.6 is 0 Å². The summed E-state index contributed by atoms with van der Waals surface area (Å²) in [5.41, 5.74) is -0.402. The van der Waals surface area contributed by atoms with E-state index in [1.54, 1.807) is 0 Å². The number of hydrogen-bond acceptors (Lipinski definition) is 3. The molecule has 1 aliphatic heterocycles. The molecule has 0 bridgehead atoms. The average Bonchev–Trinajstić information content (AvgIpc) is 3.10. The van der Waals surface area contributed by atoms with Gasteiger partial charge in [0.25, 0.3) is 0 Å². The van der Waals surface area contributed by atoms with Crippen molar-refractivity contribution < 1.29 is 9.90 Å². The number of likely N-dealkylation sites (N-methyl/N-ethyl adjacent to an activating group) is 1. The van der Waals surface area contributed by atoms with Crippen LogP contribution in [0.15, 0.2) is 0 Å². The maximum Gasteiger partial charge on any atom is 0.325 e. The normalized spacial score (nSPS) is 26.9. The third-order valence-corrected chi connectivity index (χ3v) is 4.60. The smallest absolute Gasteiger partial charge is 0.325 e. The van der Waals surface area contributed by atoms with Crippen LogP contribution in [0.5, 0.6) is 0 Å². The van der Waals surface area contributed by atoms with Crippen LogP contribution < -0.4 is 5.32 Å². The molecular weight excluding hydrogens is 240 g/mol. The minimum absolute atomic E-state index is 0.315. The summed E-state index contributed by atoms with van der Waals surface area (Å²) >= 11 is 0. The van der Waals surface area contributed by atoms with Gasteiger partial charge in [-0.25, -0.2) is 0 Å². The second kappa shape index (κ2) is 5.41. The molecule has 0 spiro atoms. The summed E-state index contributed by atoms with van der Waals surface area (Å²) in [4.78, 5) is 14.2. The van der Waals surface area contributed by atoms with Gasteiger partial charge in [0.05, 0.1) is 0 Å². The molecule has 0 aromatic heterocycles. The van der Waals surface area contributed by atoms with Crippen LogP contribution in [0.25, 0.3) is 0 Å². The number of carboxylic acid groups (broad SMARTS) is 1. The Bertz CT molecular complexity index is 339. The lowest BCUT2D eigenvalue weighted by Crippen LogP contribution is -2.62. The first kappa shape index (κ1) is 14.8. The molecule has 110 valence electrons. The van der Waals surface area contributed by atoms with Crippen LogP contribution in [0.1, 0.15) is 46.5 Å². The third-order valence-electron chi connectivity index (χ3n) is 4.60. The second-order valence-electron chi connectivity index (χ2n) is 7.06. The van der Waals surface area contributed by atoms with Gasteiger partial charge in [0.1, 0.15) is 5.54 Å². The highest BCUT2D eigenvalue weighted by atomic mass is 16.4. The van der Waals surface area contributed by atoms with E-state index < -0.39 is 11.5 Å². The Kier molecular flexibility index (Phi) is 4.21. The van der Waals surface area contributed by atoms with Crippen LogP contribution in [0.2, 0.25) is 0 Å². The highest BCUT2D eigenvalue weighted by Gasteiger charge is 2.52. The minimum Gasteiger partial charge on any atom is -0.480 e. The number of aliphatic carboxylic acids is 1. The molecule has 0 aromatic rings. The van der Waals surface area contributed by atoms with E-state index in [1.807, 2.05) is 6.92 Å². The molecule has 0 radical (unpaired) electrons. The van der Waals surface area contributed by atoms with Crippen molar-refractivity contribution in [3.8, 4) is 0 Å². The van der Waals surface area contributed by atoms with E-state index in [4.69, 9.17) is 0 Å². The molecule has 0 aromatic carbocycles. The number of nitrogens with zero attached hydrogens (tertiary/aromatic N) is 1. The summed E-state index contributed by atoms with van der Waals surface area (Å²) in [5, 5.41) is 13.0. The molecule has 1 aliphatic carbocycles. The number of likely N-dealkylation sites (tertiary alicyclic amines) is 1. The van der Waals surface area contributed by atoms with Gasteiger partial charge in [-0.15, -0.1) is 0 Å². The summed E-state index contributed by atoms with van der Waals surface area (Å²) in [6.07, 6.45) is 4.53. The van der Waals surface area contributed by atoms with Crippen LogP contribution in [0.3, 0.4) is 0 Å². The molecule has 1 heterocycles. The Morgan fingerprint density at radius 1 is 1.47 bits per heavy atom. The number of carbonyl (C=O) groups is 1. The topological polar surface area (TPSA) is 52.6 Å². The number of piperidine rings is 1. The lowest BCUT2D eigenvalue weighted by Gasteiger charge is -2.42. The molecule has 2 N–H and O–H groups in total. The number of carboxylic acids is 1. The van der Waals surface area contributed by atoms with Gasteiger partial charge >= 0.3 is 5.97 Å². The van der Waals surface area contributed by atoms with Crippen LogP contribution in [0.4, 0.5) is 0 Å². The van der Waals surface area contributed by atoms with E-state index in [0.29, 0.717) is 17.9 Å². The quantitative estimate of drug-likeness (QED) is 0.773. The Morgan fingerprint density at radius 3 is 2.63 bits per heavy atom. The Labute approximate surface area is 116 Å². The van der Waals surface area contributed by atoms with E-state index in [2.05, 4.69) is 24.1 Å². The van der Waals surface area contributed by atoms with Gasteiger partial charge in [-0.1, -0.05) is 20.8 Å². The summed E-state index contributed by atoms with van der Waals surface area (Å²) in [5.74, 6) is -0.352. The van der Waals surface area contributed by atoms with Gasteiger partial charge in [-0.3, -0.25) is 4.79 Å². The van der Waals surface area contributed by atoms with Gasteiger partial charge in [-0.05, 0) is 50.1 Å². The summed E-state index contributed by atoms with van der Waals surface area (Å²) in [6.45, 7) is 10.00. The zero-order chi connectivity index (χ0) is 14.1. The molecule has 1 saturated carbocycles. The lowest BCUT2D eigenvalue weighted by atomic mass is 9.82. The number of rotatable bonds is 6. The van der Waals surface area contributed by atoms with Gasteiger partial charge in [0.15, 0.2) is 0 Å². The van der Waals surface area contributed by atoms with Crippen molar-refractivity contribution in [1.29, 1.82) is 0 Å². The zero-order valence-electron chi connectivity index (χ0n) is 12.5. The molecule has 1 saturated heterocycles. The van der Waals surface area contributed by atoms with Crippen molar-refractivity contribution in [2.24, 2.45) is 11.3 Å². The zero-order valence-corrected chi connectivity index (χ0v) is 12.5. The number of nitrogens with one attached hydrogen (secondary N) is 1. The van der Waals surface area contributed by atoms with Crippen molar-refractivity contribution in [2.45, 2.75) is 52.0 Å². The Morgan fingerprint density at radius 2 is 2.16 bits per heavy atom. The fourth-order valence-corrected chi connectivity index (χ4v) is 3.57. The second-order valence-corrected chi connectivity index (χ2v) is 7.06. The predicted molar refractivity (Wildman–Crippen MR) is 76.2 cm³/mol. The van der Waals surface area contributed by atoms with Crippen molar-refractivity contribution >= 4 is 5.97 Å². The van der Waals surface area contributed by atoms with E-state index in [-0.39, 0.29) is 0 Å². The lowest BCUT2D eigenvalue weighted by molar-refractivity contribution is -0.147. The van der Waals surface area contributed by atoms with Gasteiger partial charge in [0.2, 0.25) is 0 Å². The van der Waals surface area contributed by atoms with E-state index in [9.17, 15) is 9.90 Å². The standard InChI is InChI=1S/C15H28N2O2/c1-4-16-15(13(18)19,12-6-7-12)11-17-9-5-8-14(2,3)10-17/h12,16H,4-11H2,1-3H3,(H,18,19). The van der Waals surface area contributed by atoms with Crippen LogP contribution in [-0.4, -0.2) is 47.7 Å². The van der Waals surface area contributed by atoms with E-state index >= 15 is 0 Å². The largest absolute Gasteiger partial charge is 0.480 e. The van der Waals surface area contributed by atoms with Gasteiger partial charge < -0.3 is 15.3 Å². The highest BCUT2D eigenvalue weighted by molar-refractivity contribution is 5.80. The highest BCUT2D eigenvalue weighted by Crippen LogP contribution is 2.41. The maximum absolute atomic E-state index is 11.8. The first-order valence-corrected chi connectivity index (χ1v) is 7.60. The molecule has 4 heteroatoms. The minimum atomic E-state index is -0.720. The molecule has 0 amide bonds. The molecule has 2 rings (SSSR count). The fourth-order valence-electron chi connectivity index (χ4n) is 3.57. The Balaban J connectivity index is 2.09. The van der Waals surface area contributed by atoms with Crippen LogP contribution in [0, 0.1) is 11.3 Å². The maximum atomic E-state index is 11.8. The number of hydrogen-bond donors (Lipinski definition) is 2. The van der Waals surface area contributed by atoms with Crippen molar-refractivity contribution in [2.75, 3.05) is 26.2 Å². The SMILES string of the molecule is CCNC(CN1CCCC(C)(C)C1)(C(=O)O)C1CC1. The molecule has 1 unspecified atom stereocenters. The van der Waals surface area contributed by atoms with Crippen molar-refractivity contribution in [3.63, 3.8) is 0 Å². The van der Waals surface area contributed by atoms with Gasteiger partial charge in [0, 0.05) is 13.1 Å². The molecule has 1 atom stereocenters. The van der Waals surface area contributed by atoms with Crippen molar-refractivity contribution in [1.82, 2.24) is 10.2 Å². The molecule has 19 heavy (non-hydrogen) atoms. The van der Waals surface area contributed by atoms with E-state index in [1.165, 1.54) is 12.8 Å². The fraction of sp³-hybridized carbons (Fsp3) is 0.933. The molecular formula is C15H28N2O2. The van der Waals surface area contributed by atoms with E-state index in [0.717, 1.165) is 32.5 Å².